The zero-order chi connectivity index (χ0) is 14.5. The molecule has 1 heteroatoms. The van der Waals surface area contributed by atoms with Gasteiger partial charge in [-0.3, -0.25) is 4.79 Å². The second-order valence-corrected chi connectivity index (χ2v) is 5.84. The standard InChI is InChI=1S/C20H20O/c21-19-12-7-14-20(16-19,18-10-5-2-6-11-18)15-13-17-8-3-1-4-9-17/h1-6,8-11,13,15H,7,12,14,16H2/b15-13+. The number of carbonyl (C=O) groups excluding carboxylic acids is 1. The molecule has 0 heterocycles. The lowest BCUT2D eigenvalue weighted by Gasteiger charge is -2.34. The summed E-state index contributed by atoms with van der Waals surface area (Å²) in [5.41, 5.74) is 2.31. The molecule has 1 aliphatic carbocycles. The molecular formula is C20H20O. The van der Waals surface area contributed by atoms with Crippen LogP contribution in [0, 0.1) is 0 Å². The molecule has 1 saturated carbocycles. The van der Waals surface area contributed by atoms with Crippen molar-refractivity contribution < 1.29 is 4.79 Å². The third-order valence-corrected chi connectivity index (χ3v) is 4.33. The Bertz CT molecular complexity index is 627. The van der Waals surface area contributed by atoms with Gasteiger partial charge in [0.2, 0.25) is 0 Å². The maximum atomic E-state index is 12.0. The van der Waals surface area contributed by atoms with E-state index in [1.54, 1.807) is 0 Å². The van der Waals surface area contributed by atoms with E-state index in [1.165, 1.54) is 11.1 Å². The van der Waals surface area contributed by atoms with Crippen molar-refractivity contribution in [2.24, 2.45) is 0 Å². The van der Waals surface area contributed by atoms with Gasteiger partial charge in [-0.25, -0.2) is 0 Å². The molecule has 106 valence electrons. The molecule has 1 unspecified atom stereocenters. The quantitative estimate of drug-likeness (QED) is 0.788. The predicted octanol–water partition coefficient (Wildman–Crippen LogP) is 4.78. The van der Waals surface area contributed by atoms with Gasteiger partial charge in [-0.1, -0.05) is 72.8 Å². The molecular weight excluding hydrogens is 256 g/mol. The predicted molar refractivity (Wildman–Crippen MR) is 87.1 cm³/mol. The van der Waals surface area contributed by atoms with Crippen molar-refractivity contribution in [2.75, 3.05) is 0 Å². The summed E-state index contributed by atoms with van der Waals surface area (Å²) in [4.78, 5) is 12.0. The summed E-state index contributed by atoms with van der Waals surface area (Å²) in [6.45, 7) is 0. The van der Waals surface area contributed by atoms with Crippen LogP contribution in [-0.4, -0.2) is 5.78 Å². The van der Waals surface area contributed by atoms with E-state index in [4.69, 9.17) is 0 Å². The molecule has 2 aromatic rings. The van der Waals surface area contributed by atoms with Crippen LogP contribution in [0.25, 0.3) is 6.08 Å². The normalized spacial score (nSPS) is 22.6. The van der Waals surface area contributed by atoms with Crippen LogP contribution in [0.4, 0.5) is 0 Å². The fourth-order valence-corrected chi connectivity index (χ4v) is 3.20. The summed E-state index contributed by atoms with van der Waals surface area (Å²) >= 11 is 0. The first kappa shape index (κ1) is 13.8. The van der Waals surface area contributed by atoms with Crippen molar-refractivity contribution >= 4 is 11.9 Å². The first-order valence-electron chi connectivity index (χ1n) is 7.60. The molecule has 1 fully saturated rings. The lowest BCUT2D eigenvalue weighted by atomic mass is 9.68. The van der Waals surface area contributed by atoms with Crippen molar-refractivity contribution in [1.82, 2.24) is 0 Å². The number of carbonyl (C=O) groups is 1. The van der Waals surface area contributed by atoms with Gasteiger partial charge in [-0.2, -0.15) is 0 Å². The molecule has 1 nitrogen and oxygen atoms in total. The Morgan fingerprint density at radius 3 is 2.24 bits per heavy atom. The minimum atomic E-state index is -0.133. The van der Waals surface area contributed by atoms with Crippen LogP contribution in [-0.2, 0) is 10.2 Å². The van der Waals surface area contributed by atoms with Crippen molar-refractivity contribution in [2.45, 2.75) is 31.1 Å². The number of hydrogen-bond acceptors (Lipinski definition) is 1. The van der Waals surface area contributed by atoms with E-state index < -0.39 is 0 Å². The number of Topliss-reactive ketones (excluding diaryl/α,β-unsaturated/α-hetero) is 1. The lowest BCUT2D eigenvalue weighted by molar-refractivity contribution is -0.121. The van der Waals surface area contributed by atoms with Crippen molar-refractivity contribution in [3.05, 3.63) is 77.9 Å². The summed E-state index contributed by atoms with van der Waals surface area (Å²) in [6, 6.07) is 20.7. The summed E-state index contributed by atoms with van der Waals surface area (Å²) in [7, 11) is 0. The maximum Gasteiger partial charge on any atom is 0.134 e. The van der Waals surface area contributed by atoms with Crippen LogP contribution in [0.5, 0.6) is 0 Å². The van der Waals surface area contributed by atoms with E-state index in [-0.39, 0.29) is 5.41 Å². The number of rotatable bonds is 3. The Kier molecular flexibility index (Phi) is 4.01. The van der Waals surface area contributed by atoms with Crippen molar-refractivity contribution in [3.63, 3.8) is 0 Å². The largest absolute Gasteiger partial charge is 0.300 e. The van der Waals surface area contributed by atoms with Crippen LogP contribution in [0.15, 0.2) is 66.7 Å². The topological polar surface area (TPSA) is 17.1 Å². The third-order valence-electron chi connectivity index (χ3n) is 4.33. The minimum Gasteiger partial charge on any atom is -0.300 e. The van der Waals surface area contributed by atoms with E-state index in [0.29, 0.717) is 12.2 Å². The average molecular weight is 276 g/mol. The van der Waals surface area contributed by atoms with Crippen LogP contribution < -0.4 is 0 Å². The van der Waals surface area contributed by atoms with Gasteiger partial charge in [-0.15, -0.1) is 0 Å². The van der Waals surface area contributed by atoms with Gasteiger partial charge in [0.25, 0.3) is 0 Å². The SMILES string of the molecule is O=C1CCCC(/C=C/c2ccccc2)(c2ccccc2)C1. The molecule has 0 N–H and O–H groups in total. The van der Waals surface area contributed by atoms with Gasteiger partial charge >= 0.3 is 0 Å². The monoisotopic (exact) mass is 276 g/mol. The van der Waals surface area contributed by atoms with Gasteiger partial charge in [0.1, 0.15) is 5.78 Å². The molecule has 0 amide bonds. The molecule has 0 saturated heterocycles. The van der Waals surface area contributed by atoms with Crippen molar-refractivity contribution in [3.8, 4) is 0 Å². The van der Waals surface area contributed by atoms with Crippen LogP contribution >= 0.6 is 0 Å². The highest BCUT2D eigenvalue weighted by molar-refractivity contribution is 5.81. The number of ketones is 1. The maximum absolute atomic E-state index is 12.0. The van der Waals surface area contributed by atoms with Crippen LogP contribution in [0.3, 0.4) is 0 Å². The average Bonchev–Trinajstić information content (AvgIpc) is 2.55. The lowest BCUT2D eigenvalue weighted by Crippen LogP contribution is -2.31. The van der Waals surface area contributed by atoms with Gasteiger partial charge in [0.15, 0.2) is 0 Å². The van der Waals surface area contributed by atoms with Gasteiger partial charge < -0.3 is 0 Å². The second kappa shape index (κ2) is 6.09. The van der Waals surface area contributed by atoms with Gasteiger partial charge in [0, 0.05) is 18.3 Å². The summed E-state index contributed by atoms with van der Waals surface area (Å²) in [5.74, 6) is 0.378. The minimum absolute atomic E-state index is 0.133. The molecule has 0 radical (unpaired) electrons. The molecule has 1 atom stereocenters. The molecule has 0 aliphatic heterocycles. The Hall–Kier alpha value is -2.15. The molecule has 0 spiro atoms. The molecule has 1 aliphatic rings. The molecule has 2 aromatic carbocycles. The molecule has 0 bridgehead atoms. The van der Waals surface area contributed by atoms with Gasteiger partial charge in [-0.05, 0) is 24.0 Å². The number of hydrogen-bond donors (Lipinski definition) is 0. The Morgan fingerprint density at radius 1 is 0.905 bits per heavy atom. The highest BCUT2D eigenvalue weighted by Gasteiger charge is 2.34. The van der Waals surface area contributed by atoms with E-state index in [0.717, 1.165) is 19.3 Å². The van der Waals surface area contributed by atoms with E-state index in [2.05, 4.69) is 48.6 Å². The zero-order valence-electron chi connectivity index (χ0n) is 12.2. The van der Waals surface area contributed by atoms with Crippen molar-refractivity contribution in [1.29, 1.82) is 0 Å². The summed E-state index contributed by atoms with van der Waals surface area (Å²) in [6.07, 6.45) is 7.79. The fraction of sp³-hybridized carbons (Fsp3) is 0.250. The smallest absolute Gasteiger partial charge is 0.134 e. The highest BCUT2D eigenvalue weighted by atomic mass is 16.1. The van der Waals surface area contributed by atoms with Gasteiger partial charge in [0.05, 0.1) is 0 Å². The second-order valence-electron chi connectivity index (χ2n) is 5.84. The van der Waals surface area contributed by atoms with E-state index >= 15 is 0 Å². The van der Waals surface area contributed by atoms with Crippen LogP contribution in [0.1, 0.15) is 36.8 Å². The fourth-order valence-electron chi connectivity index (χ4n) is 3.20. The van der Waals surface area contributed by atoms with E-state index in [9.17, 15) is 4.79 Å². The summed E-state index contributed by atoms with van der Waals surface area (Å²) < 4.78 is 0. The third kappa shape index (κ3) is 3.13. The highest BCUT2D eigenvalue weighted by Crippen LogP contribution is 2.39. The first-order valence-corrected chi connectivity index (χ1v) is 7.60. The first-order chi connectivity index (χ1) is 10.3. The zero-order valence-corrected chi connectivity index (χ0v) is 12.2. The van der Waals surface area contributed by atoms with Crippen LogP contribution in [0.2, 0.25) is 0 Å². The Labute approximate surface area is 126 Å². The Morgan fingerprint density at radius 2 is 1.57 bits per heavy atom. The van der Waals surface area contributed by atoms with E-state index in [1.807, 2.05) is 24.3 Å². The Balaban J connectivity index is 1.97. The summed E-state index contributed by atoms with van der Waals surface area (Å²) in [5, 5.41) is 0. The number of benzene rings is 2. The number of allylic oxidation sites excluding steroid dienone is 1. The molecule has 0 aromatic heterocycles. The molecule has 21 heavy (non-hydrogen) atoms. The molecule has 3 rings (SSSR count).